The van der Waals surface area contributed by atoms with E-state index >= 15 is 0 Å². The number of rotatable bonds is 5. The predicted molar refractivity (Wildman–Crippen MR) is 117 cm³/mol. The maximum absolute atomic E-state index is 13.1. The second-order valence-corrected chi connectivity index (χ2v) is 8.30. The fourth-order valence-corrected chi connectivity index (χ4v) is 4.76. The molecule has 0 bridgehead atoms. The zero-order valence-electron chi connectivity index (χ0n) is 17.4. The first-order chi connectivity index (χ1) is 15.2. The summed E-state index contributed by atoms with van der Waals surface area (Å²) in [6.07, 6.45) is 5.82. The van der Waals surface area contributed by atoms with E-state index in [1.165, 1.54) is 0 Å². The summed E-state index contributed by atoms with van der Waals surface area (Å²) in [5, 5.41) is 6.50. The highest BCUT2D eigenvalue weighted by Gasteiger charge is 2.38. The number of hydrogen-bond acceptors (Lipinski definition) is 6. The van der Waals surface area contributed by atoms with Crippen LogP contribution in [0.2, 0.25) is 0 Å². The van der Waals surface area contributed by atoms with Crippen molar-refractivity contribution in [1.82, 2.24) is 5.32 Å². The Balaban J connectivity index is 1.51. The number of ketones is 1. The summed E-state index contributed by atoms with van der Waals surface area (Å²) in [6.45, 7) is 1.37. The van der Waals surface area contributed by atoms with E-state index in [4.69, 9.17) is 9.15 Å². The molecule has 2 aromatic rings. The fraction of sp³-hybridized carbons (Fsp3) is 0.417. The molecule has 2 atom stereocenters. The van der Waals surface area contributed by atoms with E-state index in [0.29, 0.717) is 24.3 Å². The summed E-state index contributed by atoms with van der Waals surface area (Å²) < 4.78 is 11.4. The number of para-hydroxylation sites is 2. The summed E-state index contributed by atoms with van der Waals surface area (Å²) in [6, 6.07) is 11.1. The number of benzene rings is 1. The third-order valence-corrected chi connectivity index (χ3v) is 6.22. The Hall–Kier alpha value is -3.06. The van der Waals surface area contributed by atoms with Crippen molar-refractivity contribution in [3.8, 4) is 0 Å². The molecule has 5 rings (SSSR count). The Morgan fingerprint density at radius 1 is 1.16 bits per heavy atom. The zero-order valence-corrected chi connectivity index (χ0v) is 17.4. The number of anilines is 2. The Kier molecular flexibility index (Phi) is 5.51. The van der Waals surface area contributed by atoms with Crippen LogP contribution in [0.4, 0.5) is 11.4 Å². The topological polar surface area (TPSA) is 83.8 Å². The van der Waals surface area contributed by atoms with E-state index < -0.39 is 6.04 Å². The van der Waals surface area contributed by atoms with Gasteiger partial charge < -0.3 is 24.7 Å². The number of Topliss-reactive ketones (excluding diaryl/α,β-unsaturated/α-hetero) is 1. The van der Waals surface area contributed by atoms with Crippen LogP contribution >= 0.6 is 0 Å². The number of hydrogen-bond donors (Lipinski definition) is 2. The van der Waals surface area contributed by atoms with E-state index in [2.05, 4.69) is 10.6 Å². The largest absolute Gasteiger partial charge is 0.467 e. The Morgan fingerprint density at radius 2 is 2.06 bits per heavy atom. The van der Waals surface area contributed by atoms with Crippen molar-refractivity contribution < 1.29 is 18.7 Å². The van der Waals surface area contributed by atoms with Crippen LogP contribution in [0.15, 0.2) is 58.3 Å². The van der Waals surface area contributed by atoms with E-state index in [1.54, 1.807) is 6.26 Å². The molecule has 1 aromatic carbocycles. The number of fused-ring (bicyclic) bond motifs is 1. The normalized spacial score (nSPS) is 23.1. The molecule has 162 valence electrons. The monoisotopic (exact) mass is 421 g/mol. The predicted octanol–water partition coefficient (Wildman–Crippen LogP) is 3.56. The number of furan rings is 1. The van der Waals surface area contributed by atoms with Gasteiger partial charge in [0.15, 0.2) is 5.78 Å². The van der Waals surface area contributed by atoms with Gasteiger partial charge in [-0.05, 0) is 49.9 Å². The van der Waals surface area contributed by atoms with Gasteiger partial charge in [0, 0.05) is 30.8 Å². The second kappa shape index (κ2) is 8.59. The van der Waals surface area contributed by atoms with Crippen LogP contribution in [0, 0.1) is 0 Å². The molecule has 1 aromatic heterocycles. The highest BCUT2D eigenvalue weighted by atomic mass is 16.5. The van der Waals surface area contributed by atoms with Crippen LogP contribution in [0.1, 0.15) is 43.9 Å². The lowest BCUT2D eigenvalue weighted by molar-refractivity contribution is -0.120. The Bertz CT molecular complexity index is 992. The number of ether oxygens (including phenoxy) is 1. The molecule has 2 aliphatic heterocycles. The maximum Gasteiger partial charge on any atom is 0.239 e. The Morgan fingerprint density at radius 3 is 2.87 bits per heavy atom. The van der Waals surface area contributed by atoms with Gasteiger partial charge in [-0.1, -0.05) is 12.1 Å². The van der Waals surface area contributed by atoms with Gasteiger partial charge in [0.05, 0.1) is 30.3 Å². The minimum absolute atomic E-state index is 0.0807. The van der Waals surface area contributed by atoms with Crippen LogP contribution in [0.25, 0.3) is 0 Å². The molecular weight excluding hydrogens is 394 g/mol. The summed E-state index contributed by atoms with van der Waals surface area (Å²) in [5.74, 6) is 0.662. The molecule has 1 amide bonds. The minimum Gasteiger partial charge on any atom is -0.467 e. The van der Waals surface area contributed by atoms with Gasteiger partial charge >= 0.3 is 0 Å². The van der Waals surface area contributed by atoms with Gasteiger partial charge in [0.2, 0.25) is 5.91 Å². The quantitative estimate of drug-likeness (QED) is 0.768. The summed E-state index contributed by atoms with van der Waals surface area (Å²) in [5.41, 5.74) is 3.39. The van der Waals surface area contributed by atoms with Gasteiger partial charge in [0.25, 0.3) is 0 Å². The lowest BCUT2D eigenvalue weighted by atomic mass is 9.88. The molecule has 7 nitrogen and oxygen atoms in total. The molecule has 3 heterocycles. The SMILES string of the molecule is O=C(CN1c2ccccc2NC2=C(C(=O)CCC2)C1c1ccco1)NCC1CCCO1. The number of amides is 1. The molecule has 1 saturated heterocycles. The van der Waals surface area contributed by atoms with Crippen LogP contribution in [-0.4, -0.2) is 37.5 Å². The van der Waals surface area contributed by atoms with Crippen LogP contribution in [0.5, 0.6) is 0 Å². The van der Waals surface area contributed by atoms with Crippen molar-refractivity contribution in [2.24, 2.45) is 0 Å². The molecule has 31 heavy (non-hydrogen) atoms. The maximum atomic E-state index is 13.1. The standard InChI is InChI=1S/C24H27N3O4/c28-20-10-3-8-18-23(20)24(21-11-5-13-31-21)27(19-9-2-1-7-17(19)26-18)15-22(29)25-14-16-6-4-12-30-16/h1-2,5,7,9,11,13,16,24,26H,3-4,6,8,10,12,14-15H2,(H,25,29). The van der Waals surface area contributed by atoms with Crippen molar-refractivity contribution >= 4 is 23.1 Å². The molecule has 0 spiro atoms. The van der Waals surface area contributed by atoms with Crippen LogP contribution in [0.3, 0.4) is 0 Å². The highest BCUT2D eigenvalue weighted by molar-refractivity contribution is 6.01. The van der Waals surface area contributed by atoms with Crippen molar-refractivity contribution in [3.05, 3.63) is 59.7 Å². The van der Waals surface area contributed by atoms with Crippen LogP contribution in [-0.2, 0) is 14.3 Å². The molecule has 2 unspecified atom stereocenters. The number of allylic oxidation sites excluding steroid dienone is 1. The Labute approximate surface area is 181 Å². The molecule has 0 radical (unpaired) electrons. The highest BCUT2D eigenvalue weighted by Crippen LogP contribution is 2.44. The molecule has 1 fully saturated rings. The molecule has 3 aliphatic rings. The summed E-state index contributed by atoms with van der Waals surface area (Å²) >= 11 is 0. The number of carbonyl (C=O) groups excluding carboxylic acids is 2. The average molecular weight is 421 g/mol. The van der Waals surface area contributed by atoms with Gasteiger partial charge in [-0.15, -0.1) is 0 Å². The lowest BCUT2D eigenvalue weighted by Gasteiger charge is -2.33. The van der Waals surface area contributed by atoms with Gasteiger partial charge in [-0.3, -0.25) is 9.59 Å². The lowest BCUT2D eigenvalue weighted by Crippen LogP contribution is -2.43. The molecule has 7 heteroatoms. The number of nitrogens with zero attached hydrogens (tertiary/aromatic N) is 1. The van der Waals surface area contributed by atoms with E-state index in [9.17, 15) is 9.59 Å². The number of nitrogens with one attached hydrogen (secondary N) is 2. The van der Waals surface area contributed by atoms with Crippen LogP contribution < -0.4 is 15.5 Å². The summed E-state index contributed by atoms with van der Waals surface area (Å²) in [4.78, 5) is 28.1. The molecule has 0 saturated carbocycles. The van der Waals surface area contributed by atoms with E-state index in [0.717, 1.165) is 49.4 Å². The zero-order chi connectivity index (χ0) is 21.2. The average Bonchev–Trinajstić information content (AvgIpc) is 3.46. The fourth-order valence-electron chi connectivity index (χ4n) is 4.76. The smallest absolute Gasteiger partial charge is 0.239 e. The third-order valence-electron chi connectivity index (χ3n) is 6.22. The number of carbonyl (C=O) groups is 2. The first-order valence-corrected chi connectivity index (χ1v) is 11.0. The van der Waals surface area contributed by atoms with Gasteiger partial charge in [-0.2, -0.15) is 0 Å². The van der Waals surface area contributed by atoms with Gasteiger partial charge in [0.1, 0.15) is 11.8 Å². The third kappa shape index (κ3) is 3.97. The molecule has 2 N–H and O–H groups in total. The summed E-state index contributed by atoms with van der Waals surface area (Å²) in [7, 11) is 0. The minimum atomic E-state index is -0.456. The second-order valence-electron chi connectivity index (χ2n) is 8.30. The van der Waals surface area contributed by atoms with Gasteiger partial charge in [-0.25, -0.2) is 0 Å². The molecular formula is C24H27N3O4. The van der Waals surface area contributed by atoms with Crippen molar-refractivity contribution in [1.29, 1.82) is 0 Å². The first kappa shape index (κ1) is 19.9. The van der Waals surface area contributed by atoms with Crippen molar-refractivity contribution in [2.75, 3.05) is 29.9 Å². The van der Waals surface area contributed by atoms with Crippen molar-refractivity contribution in [3.63, 3.8) is 0 Å². The van der Waals surface area contributed by atoms with E-state index in [-0.39, 0.29) is 24.3 Å². The van der Waals surface area contributed by atoms with Crippen molar-refractivity contribution in [2.45, 2.75) is 44.2 Å². The molecule has 1 aliphatic carbocycles. The van der Waals surface area contributed by atoms with E-state index in [1.807, 2.05) is 41.3 Å². The first-order valence-electron chi connectivity index (χ1n) is 11.0.